The van der Waals surface area contributed by atoms with Gasteiger partial charge in [-0.3, -0.25) is 9.59 Å². The van der Waals surface area contributed by atoms with Gasteiger partial charge in [-0.1, -0.05) is 18.5 Å². The lowest BCUT2D eigenvalue weighted by Gasteiger charge is -2.19. The molecule has 2 aromatic heterocycles. The van der Waals surface area contributed by atoms with E-state index in [0.717, 1.165) is 24.1 Å². The molecule has 0 atom stereocenters. The van der Waals surface area contributed by atoms with E-state index in [0.29, 0.717) is 22.2 Å². The fourth-order valence-corrected chi connectivity index (χ4v) is 4.00. The van der Waals surface area contributed by atoms with E-state index in [1.807, 2.05) is 0 Å². The van der Waals surface area contributed by atoms with Crippen LogP contribution < -0.4 is 16.2 Å². The van der Waals surface area contributed by atoms with Crippen LogP contribution >= 0.6 is 11.6 Å². The molecule has 3 N–H and O–H groups in total. The first kappa shape index (κ1) is 18.8. The van der Waals surface area contributed by atoms with Gasteiger partial charge in [0.2, 0.25) is 5.91 Å². The molecule has 3 aromatic rings. The fraction of sp³-hybridized carbons (Fsp3) is 0.227. The van der Waals surface area contributed by atoms with Gasteiger partial charge in [0, 0.05) is 39.1 Å². The zero-order chi connectivity index (χ0) is 21.0. The molecule has 1 aromatic carbocycles. The Hall–Kier alpha value is -3.19. The summed E-state index contributed by atoms with van der Waals surface area (Å²) in [5.74, 6) is -0.125. The Bertz CT molecular complexity index is 1270. The lowest BCUT2D eigenvalue weighted by Crippen LogP contribution is -2.19. The van der Waals surface area contributed by atoms with Crippen molar-refractivity contribution in [3.05, 3.63) is 69.0 Å². The molecular weight excluding hydrogens is 407 g/mol. The van der Waals surface area contributed by atoms with Gasteiger partial charge in [-0.05, 0) is 43.2 Å². The van der Waals surface area contributed by atoms with E-state index < -0.39 is 5.82 Å². The molecule has 3 heterocycles. The van der Waals surface area contributed by atoms with Gasteiger partial charge in [-0.25, -0.2) is 9.37 Å². The molecule has 0 bridgehead atoms. The number of nitrogens with one attached hydrogen (secondary N) is 3. The second-order valence-corrected chi connectivity index (χ2v) is 8.46. The number of H-pyrrole nitrogens is 1. The highest BCUT2D eigenvalue weighted by Crippen LogP contribution is 2.50. The number of hydrogen-bond donors (Lipinski definition) is 3. The van der Waals surface area contributed by atoms with Crippen molar-refractivity contribution in [2.45, 2.75) is 31.6 Å². The lowest BCUT2D eigenvalue weighted by molar-refractivity contribution is -0.115. The summed E-state index contributed by atoms with van der Waals surface area (Å²) in [6, 6.07) is 7.56. The second-order valence-electron chi connectivity index (χ2n) is 8.02. The molecule has 30 heavy (non-hydrogen) atoms. The highest BCUT2D eigenvalue weighted by atomic mass is 35.5. The molecule has 1 fully saturated rings. The van der Waals surface area contributed by atoms with Crippen molar-refractivity contribution in [3.63, 3.8) is 0 Å². The highest BCUT2D eigenvalue weighted by Gasteiger charge is 2.42. The quantitative estimate of drug-likeness (QED) is 0.574. The fourth-order valence-electron chi connectivity index (χ4n) is 3.82. The summed E-state index contributed by atoms with van der Waals surface area (Å²) in [5, 5.41) is 6.42. The summed E-state index contributed by atoms with van der Waals surface area (Å²) >= 11 is 6.04. The number of halogens is 2. The Kier molecular flexibility index (Phi) is 4.18. The molecular formula is C22H18ClFN4O2. The summed E-state index contributed by atoms with van der Waals surface area (Å²) in [6.45, 7) is 2.07. The van der Waals surface area contributed by atoms with Crippen molar-refractivity contribution < 1.29 is 9.18 Å². The smallest absolute Gasteiger partial charge is 0.256 e. The number of aromatic amines is 1. The first-order valence-corrected chi connectivity index (χ1v) is 10.00. The monoisotopic (exact) mass is 424 g/mol. The molecule has 1 aliphatic heterocycles. The molecule has 8 heteroatoms. The van der Waals surface area contributed by atoms with E-state index in [1.54, 1.807) is 18.3 Å². The summed E-state index contributed by atoms with van der Waals surface area (Å²) in [4.78, 5) is 31.8. The summed E-state index contributed by atoms with van der Waals surface area (Å²) < 4.78 is 14.5. The van der Waals surface area contributed by atoms with E-state index in [-0.39, 0.29) is 34.4 Å². The molecule has 1 aliphatic carbocycles. The Labute approximate surface area is 176 Å². The van der Waals surface area contributed by atoms with Gasteiger partial charge in [0.25, 0.3) is 5.56 Å². The number of fused-ring (bicyclic) bond motifs is 1. The molecule has 0 spiro atoms. The largest absolute Gasteiger partial charge is 0.354 e. The molecule has 0 radical (unpaired) electrons. The van der Waals surface area contributed by atoms with Crippen LogP contribution in [0.25, 0.3) is 11.1 Å². The lowest BCUT2D eigenvalue weighted by atomic mass is 9.99. The van der Waals surface area contributed by atoms with Crippen molar-refractivity contribution in [1.29, 1.82) is 0 Å². The molecule has 6 nitrogen and oxygen atoms in total. The molecule has 5 rings (SSSR count). The average Bonchev–Trinajstić information content (AvgIpc) is 3.33. The second kappa shape index (κ2) is 6.67. The predicted octanol–water partition coefficient (Wildman–Crippen LogP) is 4.52. The maximum absolute atomic E-state index is 14.5. The Morgan fingerprint density at radius 3 is 2.70 bits per heavy atom. The molecule has 1 saturated carbocycles. The van der Waals surface area contributed by atoms with Crippen LogP contribution in [0.4, 0.5) is 21.6 Å². The maximum Gasteiger partial charge on any atom is 0.256 e. The van der Waals surface area contributed by atoms with Gasteiger partial charge in [0.15, 0.2) is 0 Å². The number of anilines is 3. The van der Waals surface area contributed by atoms with Gasteiger partial charge in [0.05, 0.1) is 17.7 Å². The minimum Gasteiger partial charge on any atom is -0.354 e. The summed E-state index contributed by atoms with van der Waals surface area (Å²) in [6.07, 6.45) is 3.71. The van der Waals surface area contributed by atoms with Gasteiger partial charge < -0.3 is 15.6 Å². The Balaban J connectivity index is 1.66. The number of hydrogen-bond acceptors (Lipinski definition) is 4. The third kappa shape index (κ3) is 3.15. The van der Waals surface area contributed by atoms with Crippen molar-refractivity contribution in [3.8, 4) is 11.1 Å². The van der Waals surface area contributed by atoms with E-state index in [1.165, 1.54) is 18.2 Å². The van der Waals surface area contributed by atoms with Crippen LogP contribution in [0, 0.1) is 5.82 Å². The van der Waals surface area contributed by atoms with E-state index in [4.69, 9.17) is 11.6 Å². The molecule has 0 unspecified atom stereocenters. The average molecular weight is 425 g/mol. The summed E-state index contributed by atoms with van der Waals surface area (Å²) in [7, 11) is 0. The number of carbonyl (C=O) groups excluding carboxylic acids is 1. The van der Waals surface area contributed by atoms with E-state index in [2.05, 4.69) is 27.5 Å². The molecule has 2 aliphatic rings. The minimum atomic E-state index is -0.527. The van der Waals surface area contributed by atoms with Gasteiger partial charge in [0.1, 0.15) is 11.6 Å². The van der Waals surface area contributed by atoms with Gasteiger partial charge in [-0.2, -0.15) is 0 Å². The number of benzene rings is 1. The third-order valence-electron chi connectivity index (χ3n) is 5.78. The number of amides is 1. The zero-order valence-corrected chi connectivity index (χ0v) is 16.9. The highest BCUT2D eigenvalue weighted by molar-refractivity contribution is 6.30. The third-order valence-corrected chi connectivity index (χ3v) is 6.02. The number of nitrogens with zero attached hydrogens (tertiary/aromatic N) is 1. The van der Waals surface area contributed by atoms with Crippen LogP contribution in [0.2, 0.25) is 5.02 Å². The van der Waals surface area contributed by atoms with E-state index >= 15 is 0 Å². The summed E-state index contributed by atoms with van der Waals surface area (Å²) in [5.41, 5.74) is 2.70. The first-order chi connectivity index (χ1) is 14.3. The van der Waals surface area contributed by atoms with Crippen LogP contribution in [0.15, 0.2) is 41.3 Å². The zero-order valence-electron chi connectivity index (χ0n) is 16.1. The number of aromatic nitrogens is 2. The first-order valence-electron chi connectivity index (χ1n) is 9.62. The standard InChI is InChI=1S/C22H18ClFN4O2/c1-22(5-6-22)19-17(26-16-4-7-25-20-14(16)10-18(29)27-20)9-13(21(30)28-19)12-8-11(23)2-3-15(12)24/h2-4,7-9H,5-6,10H2,1H3,(H,28,30)(H2,25,26,27,29). The number of pyridine rings is 2. The van der Waals surface area contributed by atoms with Crippen molar-refractivity contribution in [2.75, 3.05) is 10.6 Å². The molecule has 0 saturated heterocycles. The number of rotatable bonds is 4. The van der Waals surface area contributed by atoms with Crippen LogP contribution in [0.5, 0.6) is 0 Å². The van der Waals surface area contributed by atoms with Crippen molar-refractivity contribution in [2.24, 2.45) is 0 Å². The van der Waals surface area contributed by atoms with Crippen LogP contribution in [0.1, 0.15) is 31.0 Å². The van der Waals surface area contributed by atoms with Crippen LogP contribution in [-0.2, 0) is 16.6 Å². The Morgan fingerprint density at radius 2 is 1.93 bits per heavy atom. The number of carbonyl (C=O) groups is 1. The Morgan fingerprint density at radius 1 is 1.13 bits per heavy atom. The van der Waals surface area contributed by atoms with Crippen LogP contribution in [-0.4, -0.2) is 15.9 Å². The van der Waals surface area contributed by atoms with Gasteiger partial charge >= 0.3 is 0 Å². The SMILES string of the molecule is CC1(c2[nH]c(=O)c(-c3cc(Cl)ccc3F)cc2Nc2ccnc3c2CC(=O)N3)CC1. The predicted molar refractivity (Wildman–Crippen MR) is 114 cm³/mol. The van der Waals surface area contributed by atoms with Gasteiger partial charge in [-0.15, -0.1) is 0 Å². The van der Waals surface area contributed by atoms with E-state index in [9.17, 15) is 14.0 Å². The maximum atomic E-state index is 14.5. The van der Waals surface area contributed by atoms with Crippen molar-refractivity contribution in [1.82, 2.24) is 9.97 Å². The van der Waals surface area contributed by atoms with Crippen LogP contribution in [0.3, 0.4) is 0 Å². The minimum absolute atomic E-state index is 0.121. The molecule has 1 amide bonds. The normalized spacial score (nSPS) is 16.2. The topological polar surface area (TPSA) is 86.9 Å². The molecule has 152 valence electrons. The van der Waals surface area contributed by atoms with Crippen molar-refractivity contribution >= 4 is 34.7 Å².